The molecular weight excluding hydrogens is 320 g/mol. The van der Waals surface area contributed by atoms with E-state index < -0.39 is 0 Å². The number of rotatable bonds is 4. The highest BCUT2D eigenvalue weighted by molar-refractivity contribution is 7.99. The lowest BCUT2D eigenvalue weighted by molar-refractivity contribution is 0.249. The largest absolute Gasteiger partial charge is 0.370 e. The number of anilines is 2. The van der Waals surface area contributed by atoms with Crippen LogP contribution in [-0.2, 0) is 0 Å². The molecule has 2 amide bonds. The molecule has 2 heterocycles. The summed E-state index contributed by atoms with van der Waals surface area (Å²) in [4.78, 5) is 18.5. The van der Waals surface area contributed by atoms with E-state index >= 15 is 0 Å². The minimum atomic E-state index is -0.207. The van der Waals surface area contributed by atoms with E-state index in [0.29, 0.717) is 0 Å². The van der Waals surface area contributed by atoms with Crippen LogP contribution in [0.2, 0.25) is 0 Å². The number of urea groups is 1. The maximum Gasteiger partial charge on any atom is 0.319 e. The molecule has 3 rings (SSSR count). The van der Waals surface area contributed by atoms with Gasteiger partial charge in [-0.2, -0.15) is 11.8 Å². The summed E-state index contributed by atoms with van der Waals surface area (Å²) in [6.45, 7) is 4.12. The zero-order valence-corrected chi connectivity index (χ0v) is 14.6. The Morgan fingerprint density at radius 3 is 2.46 bits per heavy atom. The van der Waals surface area contributed by atoms with Crippen molar-refractivity contribution in [2.45, 2.75) is 13.0 Å². The van der Waals surface area contributed by atoms with Crippen LogP contribution in [0.25, 0.3) is 0 Å². The summed E-state index contributed by atoms with van der Waals surface area (Å²) in [7, 11) is 0. The molecule has 0 spiro atoms. The second-order valence-corrected chi connectivity index (χ2v) is 6.97. The Labute approximate surface area is 146 Å². The van der Waals surface area contributed by atoms with Crippen LogP contribution in [0.1, 0.15) is 18.5 Å². The van der Waals surface area contributed by atoms with Crippen LogP contribution >= 0.6 is 11.8 Å². The zero-order chi connectivity index (χ0) is 16.8. The van der Waals surface area contributed by atoms with Gasteiger partial charge in [0.25, 0.3) is 0 Å². The van der Waals surface area contributed by atoms with E-state index in [1.54, 1.807) is 12.4 Å². The molecular formula is C18H22N4OS. The third kappa shape index (κ3) is 4.41. The number of hydrogen-bond donors (Lipinski definition) is 2. The van der Waals surface area contributed by atoms with Gasteiger partial charge < -0.3 is 15.5 Å². The summed E-state index contributed by atoms with van der Waals surface area (Å²) in [6.07, 6.45) is 3.45. The number of pyridine rings is 1. The van der Waals surface area contributed by atoms with Gasteiger partial charge in [-0.25, -0.2) is 4.79 Å². The van der Waals surface area contributed by atoms with Crippen molar-refractivity contribution < 1.29 is 4.79 Å². The number of amides is 2. The van der Waals surface area contributed by atoms with Crippen molar-refractivity contribution in [2.75, 3.05) is 34.8 Å². The van der Waals surface area contributed by atoms with E-state index in [1.165, 1.54) is 17.2 Å². The Bertz CT molecular complexity index is 656. The zero-order valence-electron chi connectivity index (χ0n) is 13.7. The maximum atomic E-state index is 12.1. The SMILES string of the molecule is C[C@H](NC(=O)Nc1ccc(N2CCSCC2)cc1)c1ccncc1. The summed E-state index contributed by atoms with van der Waals surface area (Å²) in [6, 6.07) is 11.6. The number of thioether (sulfide) groups is 1. The average molecular weight is 342 g/mol. The van der Waals surface area contributed by atoms with Crippen LogP contribution in [0, 0.1) is 0 Å². The van der Waals surface area contributed by atoms with Crippen molar-refractivity contribution >= 4 is 29.2 Å². The predicted molar refractivity (Wildman–Crippen MR) is 101 cm³/mol. The number of carbonyl (C=O) groups is 1. The second kappa shape index (κ2) is 8.06. The Morgan fingerprint density at radius 2 is 1.79 bits per heavy atom. The van der Waals surface area contributed by atoms with Crippen molar-refractivity contribution in [2.24, 2.45) is 0 Å². The summed E-state index contributed by atoms with van der Waals surface area (Å²) >= 11 is 2.00. The normalized spacial score (nSPS) is 15.6. The summed E-state index contributed by atoms with van der Waals surface area (Å²) in [5.41, 5.74) is 3.04. The van der Waals surface area contributed by atoms with Crippen LogP contribution in [0.4, 0.5) is 16.2 Å². The third-order valence-corrected chi connectivity index (χ3v) is 5.00. The monoisotopic (exact) mass is 342 g/mol. The number of hydrogen-bond acceptors (Lipinski definition) is 4. The van der Waals surface area contributed by atoms with Gasteiger partial charge in [-0.3, -0.25) is 4.98 Å². The van der Waals surface area contributed by atoms with E-state index in [2.05, 4.69) is 32.7 Å². The van der Waals surface area contributed by atoms with Gasteiger partial charge in [-0.15, -0.1) is 0 Å². The van der Waals surface area contributed by atoms with Crippen molar-refractivity contribution in [3.63, 3.8) is 0 Å². The number of nitrogens with zero attached hydrogens (tertiary/aromatic N) is 2. The minimum absolute atomic E-state index is 0.0712. The number of aromatic nitrogens is 1. The van der Waals surface area contributed by atoms with Gasteiger partial charge in [0.05, 0.1) is 6.04 Å². The Morgan fingerprint density at radius 1 is 1.12 bits per heavy atom. The first-order chi connectivity index (χ1) is 11.7. The van der Waals surface area contributed by atoms with Crippen LogP contribution in [0.3, 0.4) is 0 Å². The minimum Gasteiger partial charge on any atom is -0.370 e. The van der Waals surface area contributed by atoms with Crippen molar-refractivity contribution in [1.82, 2.24) is 10.3 Å². The fourth-order valence-corrected chi connectivity index (χ4v) is 3.58. The molecule has 1 aromatic carbocycles. The van der Waals surface area contributed by atoms with Gasteiger partial charge in [-0.1, -0.05) is 0 Å². The predicted octanol–water partition coefficient (Wildman–Crippen LogP) is 3.52. The standard InChI is InChI=1S/C18H22N4OS/c1-14(15-6-8-19-9-7-15)20-18(23)21-16-2-4-17(5-3-16)22-10-12-24-13-11-22/h2-9,14H,10-13H2,1H3,(H2,20,21,23)/t14-/m0/s1. The van der Waals surface area contributed by atoms with Crippen LogP contribution < -0.4 is 15.5 Å². The van der Waals surface area contributed by atoms with Crippen LogP contribution in [0.5, 0.6) is 0 Å². The Kier molecular flexibility index (Phi) is 5.59. The molecule has 1 saturated heterocycles. The molecule has 0 saturated carbocycles. The van der Waals surface area contributed by atoms with Crippen molar-refractivity contribution in [1.29, 1.82) is 0 Å². The quantitative estimate of drug-likeness (QED) is 0.893. The molecule has 2 aromatic rings. The van der Waals surface area contributed by atoms with E-state index in [4.69, 9.17) is 0 Å². The lowest BCUT2D eigenvalue weighted by atomic mass is 10.1. The van der Waals surface area contributed by atoms with Crippen LogP contribution in [-0.4, -0.2) is 35.6 Å². The molecule has 6 heteroatoms. The number of carbonyl (C=O) groups excluding carboxylic acids is 1. The van der Waals surface area contributed by atoms with Gasteiger partial charge in [0.2, 0.25) is 0 Å². The molecule has 1 aromatic heterocycles. The first-order valence-electron chi connectivity index (χ1n) is 8.12. The molecule has 0 aliphatic carbocycles. The smallest absolute Gasteiger partial charge is 0.319 e. The fraction of sp³-hybridized carbons (Fsp3) is 0.333. The third-order valence-electron chi connectivity index (χ3n) is 4.06. The van der Waals surface area contributed by atoms with Crippen molar-refractivity contribution in [3.8, 4) is 0 Å². The highest BCUT2D eigenvalue weighted by atomic mass is 32.2. The summed E-state index contributed by atoms with van der Waals surface area (Å²) in [5.74, 6) is 2.35. The molecule has 0 radical (unpaired) electrons. The summed E-state index contributed by atoms with van der Waals surface area (Å²) in [5, 5.41) is 5.82. The molecule has 24 heavy (non-hydrogen) atoms. The van der Waals surface area contributed by atoms with E-state index in [1.807, 2.05) is 43.0 Å². The molecule has 1 atom stereocenters. The highest BCUT2D eigenvalue weighted by Gasteiger charge is 2.12. The lowest BCUT2D eigenvalue weighted by Crippen LogP contribution is -2.32. The average Bonchev–Trinajstić information content (AvgIpc) is 2.64. The van der Waals surface area contributed by atoms with E-state index in [9.17, 15) is 4.79 Å². The molecule has 1 aliphatic heterocycles. The summed E-state index contributed by atoms with van der Waals surface area (Å²) < 4.78 is 0. The van der Waals surface area contributed by atoms with Crippen LogP contribution in [0.15, 0.2) is 48.8 Å². The molecule has 0 bridgehead atoms. The number of benzene rings is 1. The van der Waals surface area contributed by atoms with Gasteiger partial charge >= 0.3 is 6.03 Å². The van der Waals surface area contributed by atoms with Gasteiger partial charge in [-0.05, 0) is 48.9 Å². The fourth-order valence-electron chi connectivity index (χ4n) is 2.68. The van der Waals surface area contributed by atoms with E-state index in [-0.39, 0.29) is 12.1 Å². The van der Waals surface area contributed by atoms with Gasteiger partial charge in [0.15, 0.2) is 0 Å². The Balaban J connectivity index is 1.54. The first kappa shape index (κ1) is 16.6. The Hall–Kier alpha value is -2.21. The number of nitrogens with one attached hydrogen (secondary N) is 2. The highest BCUT2D eigenvalue weighted by Crippen LogP contribution is 2.21. The molecule has 5 nitrogen and oxygen atoms in total. The van der Waals surface area contributed by atoms with Crippen molar-refractivity contribution in [3.05, 3.63) is 54.4 Å². The molecule has 1 aliphatic rings. The van der Waals surface area contributed by atoms with Gasteiger partial charge in [0, 0.05) is 48.4 Å². The lowest BCUT2D eigenvalue weighted by Gasteiger charge is -2.28. The molecule has 1 fully saturated rings. The molecule has 0 unspecified atom stereocenters. The second-order valence-electron chi connectivity index (χ2n) is 5.75. The van der Waals surface area contributed by atoms with E-state index in [0.717, 1.165) is 24.3 Å². The molecule has 2 N–H and O–H groups in total. The molecule has 126 valence electrons. The van der Waals surface area contributed by atoms with Gasteiger partial charge in [0.1, 0.15) is 0 Å². The topological polar surface area (TPSA) is 57.3 Å². The first-order valence-corrected chi connectivity index (χ1v) is 9.28. The maximum absolute atomic E-state index is 12.1.